The van der Waals surface area contributed by atoms with Crippen molar-refractivity contribution in [2.24, 2.45) is 5.92 Å². The third-order valence-corrected chi connectivity index (χ3v) is 5.54. The molecule has 0 radical (unpaired) electrons. The van der Waals surface area contributed by atoms with Gasteiger partial charge in [0.2, 0.25) is 0 Å². The Hall–Kier alpha value is -1.91. The smallest absolute Gasteiger partial charge is 0.335 e. The number of carboxylic acids is 1. The fourth-order valence-electron chi connectivity index (χ4n) is 3.75. The summed E-state index contributed by atoms with van der Waals surface area (Å²) in [6, 6.07) is 12.5. The van der Waals surface area contributed by atoms with Crippen LogP contribution in [0, 0.1) is 5.92 Å². The Labute approximate surface area is 148 Å². The van der Waals surface area contributed by atoms with E-state index in [1.54, 1.807) is 12.1 Å². The van der Waals surface area contributed by atoms with Crippen LogP contribution in [0.15, 0.2) is 36.4 Å². The van der Waals surface area contributed by atoms with Crippen LogP contribution in [0.4, 0.5) is 0 Å². The molecule has 2 aromatic rings. The molecule has 0 aromatic heterocycles. The van der Waals surface area contributed by atoms with Gasteiger partial charge in [-0.1, -0.05) is 18.2 Å². The number of aromatic carboxylic acids is 1. The molecule has 0 unspecified atom stereocenters. The highest BCUT2D eigenvalue weighted by Crippen LogP contribution is 2.24. The van der Waals surface area contributed by atoms with Gasteiger partial charge in [-0.25, -0.2) is 4.79 Å². The number of likely N-dealkylation sites (tertiary alicyclic amines) is 1. The van der Waals surface area contributed by atoms with Crippen LogP contribution in [0.25, 0.3) is 10.8 Å². The second-order valence-electron chi connectivity index (χ2n) is 7.60. The van der Waals surface area contributed by atoms with Crippen molar-refractivity contribution in [2.75, 3.05) is 19.6 Å². The monoisotopic (exact) mass is 338 g/mol. The van der Waals surface area contributed by atoms with E-state index in [0.717, 1.165) is 29.3 Å². The minimum Gasteiger partial charge on any atom is -0.478 e. The lowest BCUT2D eigenvalue weighted by Gasteiger charge is -2.32. The molecule has 1 aliphatic heterocycles. The Balaban J connectivity index is 1.34. The van der Waals surface area contributed by atoms with Gasteiger partial charge in [0.05, 0.1) is 5.56 Å². The van der Waals surface area contributed by atoms with E-state index >= 15 is 0 Å². The van der Waals surface area contributed by atoms with Crippen LogP contribution < -0.4 is 5.32 Å². The first kappa shape index (κ1) is 16.6. The van der Waals surface area contributed by atoms with Crippen molar-refractivity contribution in [2.45, 2.75) is 38.3 Å². The SMILES string of the molecule is O=C(O)c1ccc2cc(CN3CCC(CNC4CC4)CC3)ccc2c1. The molecule has 2 N–H and O–H groups in total. The average molecular weight is 338 g/mol. The molecule has 2 fully saturated rings. The van der Waals surface area contributed by atoms with Gasteiger partial charge in [0.15, 0.2) is 0 Å². The van der Waals surface area contributed by atoms with Crippen molar-refractivity contribution in [3.8, 4) is 0 Å². The van der Waals surface area contributed by atoms with Crippen LogP contribution >= 0.6 is 0 Å². The topological polar surface area (TPSA) is 52.6 Å². The van der Waals surface area contributed by atoms with Crippen LogP contribution in [-0.4, -0.2) is 41.7 Å². The van der Waals surface area contributed by atoms with Crippen molar-refractivity contribution in [3.63, 3.8) is 0 Å². The number of carboxylic acid groups (broad SMARTS) is 1. The molecule has 2 aromatic carbocycles. The van der Waals surface area contributed by atoms with E-state index in [1.807, 2.05) is 12.1 Å². The molecule has 0 bridgehead atoms. The maximum atomic E-state index is 11.1. The number of rotatable bonds is 6. The maximum Gasteiger partial charge on any atom is 0.335 e. The molecule has 132 valence electrons. The fourth-order valence-corrected chi connectivity index (χ4v) is 3.75. The quantitative estimate of drug-likeness (QED) is 0.846. The van der Waals surface area contributed by atoms with Crippen molar-refractivity contribution < 1.29 is 9.90 Å². The lowest BCUT2D eigenvalue weighted by molar-refractivity contribution is 0.0697. The highest BCUT2D eigenvalue weighted by Gasteiger charge is 2.24. The van der Waals surface area contributed by atoms with Crippen molar-refractivity contribution in [3.05, 3.63) is 47.5 Å². The summed E-state index contributed by atoms with van der Waals surface area (Å²) in [7, 11) is 0. The summed E-state index contributed by atoms with van der Waals surface area (Å²) in [6.07, 6.45) is 5.31. The van der Waals surface area contributed by atoms with Crippen LogP contribution in [0.2, 0.25) is 0 Å². The van der Waals surface area contributed by atoms with Crippen molar-refractivity contribution in [1.29, 1.82) is 0 Å². The normalized spacial score (nSPS) is 19.4. The van der Waals surface area contributed by atoms with E-state index in [9.17, 15) is 4.79 Å². The molecule has 0 amide bonds. The molecule has 0 atom stereocenters. The van der Waals surface area contributed by atoms with Crippen LogP contribution in [0.5, 0.6) is 0 Å². The molecule has 4 rings (SSSR count). The molecule has 1 saturated heterocycles. The number of nitrogens with one attached hydrogen (secondary N) is 1. The molecule has 1 aliphatic carbocycles. The number of benzene rings is 2. The number of hydrogen-bond acceptors (Lipinski definition) is 3. The Morgan fingerprint density at radius 3 is 2.48 bits per heavy atom. The first-order valence-corrected chi connectivity index (χ1v) is 9.39. The number of hydrogen-bond donors (Lipinski definition) is 2. The fraction of sp³-hybridized carbons (Fsp3) is 0.476. The zero-order valence-electron chi connectivity index (χ0n) is 14.6. The number of nitrogens with zero attached hydrogens (tertiary/aromatic N) is 1. The van der Waals surface area contributed by atoms with Gasteiger partial charge >= 0.3 is 5.97 Å². The molecule has 2 aliphatic rings. The van der Waals surface area contributed by atoms with Gasteiger partial charge in [0.25, 0.3) is 0 Å². The van der Waals surface area contributed by atoms with Gasteiger partial charge < -0.3 is 10.4 Å². The summed E-state index contributed by atoms with van der Waals surface area (Å²) in [5.74, 6) is -0.0343. The van der Waals surface area contributed by atoms with Gasteiger partial charge in [0, 0.05) is 12.6 Å². The van der Waals surface area contributed by atoms with Crippen LogP contribution in [-0.2, 0) is 6.54 Å². The molecular formula is C21H26N2O2. The van der Waals surface area contributed by atoms with Gasteiger partial charge in [-0.3, -0.25) is 4.90 Å². The number of piperidine rings is 1. The second-order valence-corrected chi connectivity index (χ2v) is 7.60. The second kappa shape index (κ2) is 7.14. The number of carbonyl (C=O) groups is 1. The average Bonchev–Trinajstić information content (AvgIpc) is 3.45. The largest absolute Gasteiger partial charge is 0.478 e. The molecular weight excluding hydrogens is 312 g/mol. The predicted octanol–water partition coefficient (Wildman–Crippen LogP) is 3.50. The highest BCUT2D eigenvalue weighted by molar-refractivity contribution is 5.94. The van der Waals surface area contributed by atoms with Gasteiger partial charge in [0.1, 0.15) is 0 Å². The Bertz CT molecular complexity index is 762. The molecule has 4 nitrogen and oxygen atoms in total. The number of fused-ring (bicyclic) bond motifs is 1. The Morgan fingerprint density at radius 1 is 1.04 bits per heavy atom. The van der Waals surface area contributed by atoms with Crippen LogP contribution in [0.3, 0.4) is 0 Å². The lowest BCUT2D eigenvalue weighted by atomic mass is 9.96. The van der Waals surface area contributed by atoms with E-state index in [4.69, 9.17) is 5.11 Å². The summed E-state index contributed by atoms with van der Waals surface area (Å²) in [6.45, 7) is 4.53. The summed E-state index contributed by atoms with van der Waals surface area (Å²) in [4.78, 5) is 13.6. The highest BCUT2D eigenvalue weighted by atomic mass is 16.4. The first-order valence-electron chi connectivity index (χ1n) is 9.39. The minimum absolute atomic E-state index is 0.349. The predicted molar refractivity (Wildman–Crippen MR) is 99.9 cm³/mol. The van der Waals surface area contributed by atoms with E-state index < -0.39 is 5.97 Å². The molecule has 0 spiro atoms. The first-order chi connectivity index (χ1) is 12.2. The van der Waals surface area contributed by atoms with Crippen LogP contribution in [0.1, 0.15) is 41.6 Å². The molecule has 25 heavy (non-hydrogen) atoms. The summed E-state index contributed by atoms with van der Waals surface area (Å²) in [5, 5.41) is 14.9. The lowest BCUT2D eigenvalue weighted by Crippen LogP contribution is -2.37. The zero-order valence-corrected chi connectivity index (χ0v) is 14.6. The van der Waals surface area contributed by atoms with Crippen molar-refractivity contribution >= 4 is 16.7 Å². The van der Waals surface area contributed by atoms with Gasteiger partial charge in [-0.2, -0.15) is 0 Å². The molecule has 1 heterocycles. The third kappa shape index (κ3) is 4.20. The van der Waals surface area contributed by atoms with E-state index in [0.29, 0.717) is 5.56 Å². The standard InChI is InChI=1S/C21H26N2O2/c24-21(25)19-4-3-17-11-16(1-2-18(17)12-19)14-23-9-7-15(8-10-23)13-22-20-5-6-20/h1-4,11-12,15,20,22H,5-10,13-14H2,(H,24,25). The van der Waals surface area contributed by atoms with Gasteiger partial charge in [-0.05, 0) is 85.8 Å². The summed E-state index contributed by atoms with van der Waals surface area (Å²) in [5.41, 5.74) is 1.66. The third-order valence-electron chi connectivity index (χ3n) is 5.54. The minimum atomic E-state index is -0.870. The summed E-state index contributed by atoms with van der Waals surface area (Å²) >= 11 is 0. The van der Waals surface area contributed by atoms with Gasteiger partial charge in [-0.15, -0.1) is 0 Å². The van der Waals surface area contributed by atoms with E-state index in [-0.39, 0.29) is 0 Å². The Kier molecular flexibility index (Phi) is 4.73. The molecule has 4 heteroatoms. The van der Waals surface area contributed by atoms with Crippen molar-refractivity contribution in [1.82, 2.24) is 10.2 Å². The van der Waals surface area contributed by atoms with E-state index in [2.05, 4.69) is 22.3 Å². The Morgan fingerprint density at radius 2 is 1.76 bits per heavy atom. The molecule has 1 saturated carbocycles. The summed E-state index contributed by atoms with van der Waals surface area (Å²) < 4.78 is 0. The zero-order chi connectivity index (χ0) is 17.2. The maximum absolute atomic E-state index is 11.1. The van der Waals surface area contributed by atoms with E-state index in [1.165, 1.54) is 50.9 Å².